The minimum absolute atomic E-state index is 0.198. The highest BCUT2D eigenvalue weighted by Gasteiger charge is 2.21. The molecule has 0 unspecified atom stereocenters. The molecule has 0 fully saturated rings. The molecule has 4 heteroatoms. The Labute approximate surface area is 143 Å². The van der Waals surface area contributed by atoms with E-state index in [4.69, 9.17) is 0 Å². The molecule has 1 aliphatic heterocycles. The fraction of sp³-hybridized carbons (Fsp3) is 0.350. The van der Waals surface area contributed by atoms with E-state index in [9.17, 15) is 4.79 Å². The maximum absolute atomic E-state index is 12.4. The van der Waals surface area contributed by atoms with E-state index >= 15 is 0 Å². The molecule has 24 heavy (non-hydrogen) atoms. The van der Waals surface area contributed by atoms with E-state index in [1.807, 2.05) is 36.1 Å². The number of nitrogens with zero attached hydrogens (tertiary/aromatic N) is 3. The number of amides is 1. The fourth-order valence-electron chi connectivity index (χ4n) is 2.90. The van der Waals surface area contributed by atoms with Crippen LogP contribution in [0.1, 0.15) is 22.5 Å². The van der Waals surface area contributed by atoms with Gasteiger partial charge in [0, 0.05) is 5.69 Å². The second-order valence-electron chi connectivity index (χ2n) is 6.43. The van der Waals surface area contributed by atoms with Crippen molar-refractivity contribution in [2.24, 2.45) is 0 Å². The Bertz CT molecular complexity index is 750. The third-order valence-electron chi connectivity index (χ3n) is 4.36. The van der Waals surface area contributed by atoms with Crippen LogP contribution in [-0.4, -0.2) is 46.2 Å². The van der Waals surface area contributed by atoms with Gasteiger partial charge in [0.2, 0.25) is 5.91 Å². The number of benzene rings is 1. The van der Waals surface area contributed by atoms with Crippen LogP contribution in [0.2, 0.25) is 0 Å². The molecule has 0 saturated carbocycles. The van der Waals surface area contributed by atoms with E-state index in [0.717, 1.165) is 36.6 Å². The SMILES string of the molecule is Cc1ccc(CC(=O)N2CC=[N+](Cc3cccc(C)n3)CC2)cc1. The Morgan fingerprint density at radius 1 is 1.17 bits per heavy atom. The van der Waals surface area contributed by atoms with Crippen LogP contribution in [-0.2, 0) is 17.8 Å². The molecule has 4 nitrogen and oxygen atoms in total. The summed E-state index contributed by atoms with van der Waals surface area (Å²) in [5.41, 5.74) is 4.42. The predicted molar refractivity (Wildman–Crippen MR) is 95.3 cm³/mol. The molecular formula is C20H24N3O+. The largest absolute Gasteiger partial charge is 0.326 e. The monoisotopic (exact) mass is 322 g/mol. The van der Waals surface area contributed by atoms with Crippen LogP contribution in [0.15, 0.2) is 42.5 Å². The predicted octanol–water partition coefficient (Wildman–Crippen LogP) is 2.37. The van der Waals surface area contributed by atoms with Crippen LogP contribution in [0.5, 0.6) is 0 Å². The van der Waals surface area contributed by atoms with Crippen LogP contribution in [0.25, 0.3) is 0 Å². The van der Waals surface area contributed by atoms with Crippen molar-refractivity contribution in [3.63, 3.8) is 0 Å². The summed E-state index contributed by atoms with van der Waals surface area (Å²) >= 11 is 0. The zero-order valence-corrected chi connectivity index (χ0v) is 14.4. The van der Waals surface area contributed by atoms with Gasteiger partial charge in [0.05, 0.1) is 19.5 Å². The first-order chi connectivity index (χ1) is 11.6. The number of hydrogen-bond donors (Lipinski definition) is 0. The molecule has 0 saturated heterocycles. The maximum atomic E-state index is 12.4. The van der Waals surface area contributed by atoms with Crippen LogP contribution in [0, 0.1) is 13.8 Å². The van der Waals surface area contributed by atoms with Crippen LogP contribution >= 0.6 is 0 Å². The molecule has 3 rings (SSSR count). The van der Waals surface area contributed by atoms with Gasteiger partial charge in [-0.1, -0.05) is 35.9 Å². The number of carbonyl (C=O) groups is 1. The Kier molecular flexibility index (Phi) is 5.04. The standard InChI is InChI=1S/C20H24N3O/c1-16-6-8-18(9-7-16)14-20(24)23-12-10-22(11-13-23)15-19-5-3-4-17(2)21-19/h3-10H,11-15H2,1-2H3/q+1. The van der Waals surface area contributed by atoms with E-state index in [1.165, 1.54) is 5.56 Å². The van der Waals surface area contributed by atoms with Crippen molar-refractivity contribution >= 4 is 12.1 Å². The lowest BCUT2D eigenvalue weighted by Gasteiger charge is -2.23. The molecule has 2 heterocycles. The van der Waals surface area contributed by atoms with E-state index < -0.39 is 0 Å². The lowest BCUT2D eigenvalue weighted by atomic mass is 10.1. The number of pyridine rings is 1. The fourth-order valence-corrected chi connectivity index (χ4v) is 2.90. The minimum atomic E-state index is 0.198. The van der Waals surface area contributed by atoms with Crippen molar-refractivity contribution in [3.05, 3.63) is 65.0 Å². The lowest BCUT2D eigenvalue weighted by Crippen LogP contribution is -2.43. The second kappa shape index (κ2) is 7.39. The highest BCUT2D eigenvalue weighted by molar-refractivity contribution is 5.81. The van der Waals surface area contributed by atoms with Crippen molar-refractivity contribution in [2.45, 2.75) is 26.8 Å². The zero-order valence-electron chi connectivity index (χ0n) is 14.4. The lowest BCUT2D eigenvalue weighted by molar-refractivity contribution is -0.545. The first kappa shape index (κ1) is 16.4. The van der Waals surface area contributed by atoms with Gasteiger partial charge in [0.25, 0.3) is 0 Å². The molecule has 1 aliphatic rings. The molecule has 1 aromatic heterocycles. The number of carbonyl (C=O) groups excluding carboxylic acids is 1. The van der Waals surface area contributed by atoms with Crippen LogP contribution in [0.4, 0.5) is 0 Å². The van der Waals surface area contributed by atoms with E-state index in [1.54, 1.807) is 0 Å². The van der Waals surface area contributed by atoms with Gasteiger partial charge in [-0.15, -0.1) is 0 Å². The van der Waals surface area contributed by atoms with Crippen LogP contribution < -0.4 is 0 Å². The third-order valence-corrected chi connectivity index (χ3v) is 4.36. The maximum Gasteiger partial charge on any atom is 0.227 e. The third kappa shape index (κ3) is 4.28. The molecular weight excluding hydrogens is 298 g/mol. The number of aryl methyl sites for hydroxylation is 2. The Morgan fingerprint density at radius 2 is 1.96 bits per heavy atom. The van der Waals surface area contributed by atoms with Crippen molar-refractivity contribution < 1.29 is 9.37 Å². The van der Waals surface area contributed by atoms with Gasteiger partial charge in [-0.05, 0) is 31.5 Å². The summed E-state index contributed by atoms with van der Waals surface area (Å²) in [7, 11) is 0. The van der Waals surface area contributed by atoms with Gasteiger partial charge in [0.15, 0.2) is 19.3 Å². The molecule has 0 aliphatic carbocycles. The molecule has 0 radical (unpaired) electrons. The van der Waals surface area contributed by atoms with Gasteiger partial charge in [-0.3, -0.25) is 9.78 Å². The summed E-state index contributed by atoms with van der Waals surface area (Å²) in [6.07, 6.45) is 2.59. The summed E-state index contributed by atoms with van der Waals surface area (Å²) in [4.78, 5) is 18.9. The highest BCUT2D eigenvalue weighted by Crippen LogP contribution is 2.07. The summed E-state index contributed by atoms with van der Waals surface area (Å²) in [5, 5.41) is 0. The average Bonchev–Trinajstić information content (AvgIpc) is 2.57. The van der Waals surface area contributed by atoms with E-state index in [2.05, 4.69) is 40.9 Å². The molecule has 0 atom stereocenters. The summed E-state index contributed by atoms with van der Waals surface area (Å²) in [6.45, 7) is 7.18. The number of rotatable bonds is 4. The van der Waals surface area contributed by atoms with Crippen LogP contribution in [0.3, 0.4) is 0 Å². The van der Waals surface area contributed by atoms with E-state index in [0.29, 0.717) is 13.0 Å². The van der Waals surface area contributed by atoms with E-state index in [-0.39, 0.29) is 5.91 Å². The molecule has 2 aromatic rings. The molecule has 1 amide bonds. The Balaban J connectivity index is 1.56. The Hall–Kier alpha value is -2.49. The molecule has 124 valence electrons. The highest BCUT2D eigenvalue weighted by atomic mass is 16.2. The van der Waals surface area contributed by atoms with Gasteiger partial charge in [0.1, 0.15) is 5.69 Å². The zero-order chi connectivity index (χ0) is 16.9. The topological polar surface area (TPSA) is 36.2 Å². The van der Waals surface area contributed by atoms with Crippen molar-refractivity contribution in [2.75, 3.05) is 19.6 Å². The summed E-state index contributed by atoms with van der Waals surface area (Å²) < 4.78 is 2.25. The first-order valence-corrected chi connectivity index (χ1v) is 8.43. The summed E-state index contributed by atoms with van der Waals surface area (Å²) in [6, 6.07) is 14.3. The summed E-state index contributed by atoms with van der Waals surface area (Å²) in [5.74, 6) is 0.198. The smallest absolute Gasteiger partial charge is 0.227 e. The van der Waals surface area contributed by atoms with Gasteiger partial charge < -0.3 is 4.90 Å². The quantitative estimate of drug-likeness (QED) is 0.810. The second-order valence-corrected chi connectivity index (χ2v) is 6.43. The normalized spacial score (nSPS) is 14.4. The number of hydrogen-bond acceptors (Lipinski definition) is 2. The van der Waals surface area contributed by atoms with Crippen molar-refractivity contribution in [1.82, 2.24) is 9.88 Å². The number of aromatic nitrogens is 1. The molecule has 0 N–H and O–H groups in total. The van der Waals surface area contributed by atoms with Crippen molar-refractivity contribution in [1.29, 1.82) is 0 Å². The Morgan fingerprint density at radius 3 is 2.62 bits per heavy atom. The first-order valence-electron chi connectivity index (χ1n) is 8.43. The van der Waals surface area contributed by atoms with Gasteiger partial charge >= 0.3 is 0 Å². The van der Waals surface area contributed by atoms with Gasteiger partial charge in [-0.25, -0.2) is 4.58 Å². The molecule has 0 spiro atoms. The van der Waals surface area contributed by atoms with Crippen molar-refractivity contribution in [3.8, 4) is 0 Å². The molecule has 1 aromatic carbocycles. The minimum Gasteiger partial charge on any atom is -0.326 e. The van der Waals surface area contributed by atoms with Gasteiger partial charge in [-0.2, -0.15) is 0 Å². The molecule has 0 bridgehead atoms. The average molecular weight is 322 g/mol.